The first-order valence-electron chi connectivity index (χ1n) is 5.14. The molecular weight excluding hydrogens is 192 g/mol. The lowest BCUT2D eigenvalue weighted by molar-refractivity contribution is 0.0928. The summed E-state index contributed by atoms with van der Waals surface area (Å²) in [5.41, 5.74) is 5.98. The number of nitrogens with zero attached hydrogens (tertiary/aromatic N) is 2. The summed E-state index contributed by atoms with van der Waals surface area (Å²) >= 11 is 0. The van der Waals surface area contributed by atoms with Gasteiger partial charge >= 0.3 is 0 Å². The number of rotatable bonds is 5. The minimum atomic E-state index is -0.0838. The van der Waals surface area contributed by atoms with Gasteiger partial charge in [0.25, 0.3) is 5.91 Å². The van der Waals surface area contributed by atoms with Crippen molar-refractivity contribution in [1.82, 2.24) is 15.1 Å². The normalized spacial score (nSPS) is 12.5. The van der Waals surface area contributed by atoms with Crippen LogP contribution in [-0.2, 0) is 7.05 Å². The van der Waals surface area contributed by atoms with E-state index in [0.29, 0.717) is 12.2 Å². The molecule has 1 heterocycles. The van der Waals surface area contributed by atoms with E-state index in [1.54, 1.807) is 24.0 Å². The molecule has 1 atom stereocenters. The van der Waals surface area contributed by atoms with Crippen LogP contribution >= 0.6 is 0 Å². The van der Waals surface area contributed by atoms with Crippen molar-refractivity contribution < 1.29 is 4.79 Å². The molecule has 1 rings (SSSR count). The second kappa shape index (κ2) is 5.50. The van der Waals surface area contributed by atoms with E-state index in [-0.39, 0.29) is 11.9 Å². The number of nitrogens with two attached hydrogens (primary N) is 1. The summed E-state index contributed by atoms with van der Waals surface area (Å²) in [5, 5.41) is 6.85. The predicted molar refractivity (Wildman–Crippen MR) is 58.4 cm³/mol. The molecule has 1 aromatic rings. The van der Waals surface area contributed by atoms with Crippen molar-refractivity contribution in [2.45, 2.75) is 25.8 Å². The van der Waals surface area contributed by atoms with Crippen molar-refractivity contribution in [2.75, 3.05) is 6.54 Å². The number of hydrogen-bond donors (Lipinski definition) is 2. The average molecular weight is 210 g/mol. The van der Waals surface area contributed by atoms with Gasteiger partial charge in [-0.05, 0) is 32.4 Å². The molecule has 0 saturated heterocycles. The quantitative estimate of drug-likeness (QED) is 0.733. The van der Waals surface area contributed by atoms with Gasteiger partial charge in [0.15, 0.2) is 0 Å². The van der Waals surface area contributed by atoms with E-state index in [2.05, 4.69) is 10.4 Å². The van der Waals surface area contributed by atoms with Crippen molar-refractivity contribution >= 4 is 5.91 Å². The Morgan fingerprint density at radius 3 is 3.00 bits per heavy atom. The predicted octanol–water partition coefficient (Wildman–Crippen LogP) is 0.277. The number of aromatic nitrogens is 2. The standard InChI is InChI=1S/C10H18N4O/c1-8(4-3-6-11)13-10(15)9-5-7-12-14(9)2/h5,7-8H,3-4,6,11H2,1-2H3,(H,13,15). The van der Waals surface area contributed by atoms with Crippen LogP contribution in [0.4, 0.5) is 0 Å². The van der Waals surface area contributed by atoms with Crippen molar-refractivity contribution in [1.29, 1.82) is 0 Å². The number of carbonyl (C=O) groups is 1. The molecule has 1 aromatic heterocycles. The van der Waals surface area contributed by atoms with E-state index in [4.69, 9.17) is 5.73 Å². The maximum atomic E-state index is 11.7. The Morgan fingerprint density at radius 1 is 1.73 bits per heavy atom. The molecule has 3 N–H and O–H groups in total. The van der Waals surface area contributed by atoms with Crippen LogP contribution < -0.4 is 11.1 Å². The Kier molecular flexibility index (Phi) is 4.30. The van der Waals surface area contributed by atoms with Gasteiger partial charge < -0.3 is 11.1 Å². The summed E-state index contributed by atoms with van der Waals surface area (Å²) in [4.78, 5) is 11.7. The van der Waals surface area contributed by atoms with Gasteiger partial charge in [0.05, 0.1) is 0 Å². The molecule has 1 unspecified atom stereocenters. The molecule has 0 saturated carbocycles. The van der Waals surface area contributed by atoms with Crippen LogP contribution in [0, 0.1) is 0 Å². The highest BCUT2D eigenvalue weighted by Crippen LogP contribution is 1.99. The van der Waals surface area contributed by atoms with Gasteiger partial charge in [-0.25, -0.2) is 0 Å². The summed E-state index contributed by atoms with van der Waals surface area (Å²) in [6.45, 7) is 2.63. The fourth-order valence-corrected chi connectivity index (χ4v) is 1.39. The lowest BCUT2D eigenvalue weighted by atomic mass is 10.2. The fourth-order valence-electron chi connectivity index (χ4n) is 1.39. The van der Waals surface area contributed by atoms with Crippen molar-refractivity contribution in [3.63, 3.8) is 0 Å². The van der Waals surface area contributed by atoms with Crippen LogP contribution in [0.1, 0.15) is 30.3 Å². The Hall–Kier alpha value is -1.36. The van der Waals surface area contributed by atoms with Gasteiger partial charge in [-0.2, -0.15) is 5.10 Å². The second-order valence-electron chi connectivity index (χ2n) is 3.65. The molecule has 0 aliphatic heterocycles. The van der Waals surface area contributed by atoms with Gasteiger partial charge in [0, 0.05) is 19.3 Å². The third-order valence-electron chi connectivity index (χ3n) is 2.27. The molecule has 5 heteroatoms. The zero-order chi connectivity index (χ0) is 11.3. The Labute approximate surface area is 89.6 Å². The highest BCUT2D eigenvalue weighted by molar-refractivity contribution is 5.92. The van der Waals surface area contributed by atoms with Gasteiger partial charge in [-0.15, -0.1) is 0 Å². The largest absolute Gasteiger partial charge is 0.348 e. The molecule has 0 radical (unpaired) electrons. The molecule has 84 valence electrons. The average Bonchev–Trinajstić information content (AvgIpc) is 2.61. The maximum Gasteiger partial charge on any atom is 0.269 e. The summed E-state index contributed by atoms with van der Waals surface area (Å²) in [6, 6.07) is 1.85. The summed E-state index contributed by atoms with van der Waals surface area (Å²) in [6.07, 6.45) is 3.44. The maximum absolute atomic E-state index is 11.7. The van der Waals surface area contributed by atoms with Gasteiger partial charge in [-0.3, -0.25) is 9.48 Å². The summed E-state index contributed by atoms with van der Waals surface area (Å²) in [5.74, 6) is -0.0838. The number of amides is 1. The molecule has 15 heavy (non-hydrogen) atoms. The van der Waals surface area contributed by atoms with Gasteiger partial charge in [0.1, 0.15) is 5.69 Å². The minimum Gasteiger partial charge on any atom is -0.348 e. The number of carbonyl (C=O) groups excluding carboxylic acids is 1. The van der Waals surface area contributed by atoms with Crippen LogP contribution in [0.3, 0.4) is 0 Å². The molecule has 0 spiro atoms. The zero-order valence-electron chi connectivity index (χ0n) is 9.23. The van der Waals surface area contributed by atoms with E-state index < -0.39 is 0 Å². The first-order chi connectivity index (χ1) is 7.15. The van der Waals surface area contributed by atoms with Crippen LogP contribution in [0.2, 0.25) is 0 Å². The Morgan fingerprint density at radius 2 is 2.47 bits per heavy atom. The van der Waals surface area contributed by atoms with Crippen LogP contribution in [0.25, 0.3) is 0 Å². The van der Waals surface area contributed by atoms with Gasteiger partial charge in [-0.1, -0.05) is 0 Å². The van der Waals surface area contributed by atoms with Crippen LogP contribution in [0.5, 0.6) is 0 Å². The van der Waals surface area contributed by atoms with E-state index >= 15 is 0 Å². The van der Waals surface area contributed by atoms with Crippen LogP contribution in [-0.4, -0.2) is 28.3 Å². The third kappa shape index (κ3) is 3.36. The zero-order valence-corrected chi connectivity index (χ0v) is 9.23. The van der Waals surface area contributed by atoms with E-state index in [0.717, 1.165) is 12.8 Å². The van der Waals surface area contributed by atoms with Gasteiger partial charge in [0.2, 0.25) is 0 Å². The number of hydrogen-bond acceptors (Lipinski definition) is 3. The highest BCUT2D eigenvalue weighted by Gasteiger charge is 2.12. The SMILES string of the molecule is CC(CCCN)NC(=O)c1ccnn1C. The fraction of sp³-hybridized carbons (Fsp3) is 0.600. The molecule has 5 nitrogen and oxygen atoms in total. The molecular formula is C10H18N4O. The minimum absolute atomic E-state index is 0.0838. The molecule has 0 aromatic carbocycles. The topological polar surface area (TPSA) is 72.9 Å². The third-order valence-corrected chi connectivity index (χ3v) is 2.27. The van der Waals surface area contributed by atoms with E-state index in [1.807, 2.05) is 6.92 Å². The van der Waals surface area contributed by atoms with Crippen molar-refractivity contribution in [3.05, 3.63) is 18.0 Å². The second-order valence-corrected chi connectivity index (χ2v) is 3.65. The molecule has 0 bridgehead atoms. The lowest BCUT2D eigenvalue weighted by Gasteiger charge is -2.12. The monoisotopic (exact) mass is 210 g/mol. The Balaban J connectivity index is 2.46. The lowest BCUT2D eigenvalue weighted by Crippen LogP contribution is -2.34. The molecule has 0 fully saturated rings. The molecule has 1 amide bonds. The van der Waals surface area contributed by atoms with E-state index in [1.165, 1.54) is 0 Å². The summed E-state index contributed by atoms with van der Waals surface area (Å²) in [7, 11) is 1.75. The Bertz CT molecular complexity index is 321. The molecule has 0 aliphatic rings. The highest BCUT2D eigenvalue weighted by atomic mass is 16.2. The first-order valence-corrected chi connectivity index (χ1v) is 5.14. The van der Waals surface area contributed by atoms with Crippen molar-refractivity contribution in [3.8, 4) is 0 Å². The first kappa shape index (κ1) is 11.7. The number of aryl methyl sites for hydroxylation is 1. The smallest absolute Gasteiger partial charge is 0.269 e. The van der Waals surface area contributed by atoms with Crippen molar-refractivity contribution in [2.24, 2.45) is 12.8 Å². The molecule has 0 aliphatic carbocycles. The van der Waals surface area contributed by atoms with E-state index in [9.17, 15) is 4.79 Å². The summed E-state index contributed by atoms with van der Waals surface area (Å²) < 4.78 is 1.56. The number of nitrogens with one attached hydrogen (secondary N) is 1. The van der Waals surface area contributed by atoms with Crippen LogP contribution in [0.15, 0.2) is 12.3 Å².